The Morgan fingerprint density at radius 2 is 1.86 bits per heavy atom. The number of rotatable bonds is 6. The van der Waals surface area contributed by atoms with Gasteiger partial charge in [0, 0.05) is 6.20 Å². The molecule has 0 bridgehead atoms. The van der Waals surface area contributed by atoms with Crippen LogP contribution in [0.3, 0.4) is 0 Å². The molecular formula is C15H14ClF3N4O4S. The third-order valence-corrected chi connectivity index (χ3v) is 4.02. The SMILES string of the molecule is CONC(=O)c1cnc(Cl)cc1Nc1ccc(C(F)(F)F)cc1NS(C)(=O)=O. The van der Waals surface area contributed by atoms with Gasteiger partial charge in [0.05, 0.1) is 41.6 Å². The Labute approximate surface area is 163 Å². The zero-order valence-electron chi connectivity index (χ0n) is 14.4. The first-order valence-corrected chi connectivity index (χ1v) is 9.62. The van der Waals surface area contributed by atoms with Gasteiger partial charge in [-0.05, 0) is 24.3 Å². The van der Waals surface area contributed by atoms with Crippen LogP contribution in [-0.2, 0) is 21.0 Å². The summed E-state index contributed by atoms with van der Waals surface area (Å²) < 4.78 is 64.0. The van der Waals surface area contributed by atoms with E-state index in [0.29, 0.717) is 6.07 Å². The molecular weight excluding hydrogens is 425 g/mol. The summed E-state index contributed by atoms with van der Waals surface area (Å²) >= 11 is 5.82. The van der Waals surface area contributed by atoms with Gasteiger partial charge < -0.3 is 5.32 Å². The quantitative estimate of drug-likeness (QED) is 0.472. The average Bonchev–Trinajstić information content (AvgIpc) is 2.54. The fourth-order valence-corrected chi connectivity index (χ4v) is 2.85. The van der Waals surface area contributed by atoms with Gasteiger partial charge in [-0.15, -0.1) is 0 Å². The van der Waals surface area contributed by atoms with Crippen LogP contribution in [-0.4, -0.2) is 32.7 Å². The molecule has 3 N–H and O–H groups in total. The average molecular weight is 439 g/mol. The predicted octanol–water partition coefficient (Wildman–Crippen LogP) is 3.16. The molecule has 152 valence electrons. The number of alkyl halides is 3. The highest BCUT2D eigenvalue weighted by Crippen LogP contribution is 2.36. The van der Waals surface area contributed by atoms with Gasteiger partial charge in [0.15, 0.2) is 0 Å². The van der Waals surface area contributed by atoms with Gasteiger partial charge in [-0.3, -0.25) is 14.4 Å². The summed E-state index contributed by atoms with van der Waals surface area (Å²) in [6, 6.07) is 3.64. The Morgan fingerprint density at radius 1 is 1.18 bits per heavy atom. The Bertz CT molecular complexity index is 999. The van der Waals surface area contributed by atoms with E-state index in [2.05, 4.69) is 20.6 Å². The Morgan fingerprint density at radius 3 is 2.43 bits per heavy atom. The molecule has 28 heavy (non-hydrogen) atoms. The van der Waals surface area contributed by atoms with Gasteiger partial charge in [-0.25, -0.2) is 18.9 Å². The van der Waals surface area contributed by atoms with Crippen molar-refractivity contribution in [3.05, 3.63) is 46.7 Å². The van der Waals surface area contributed by atoms with Gasteiger partial charge in [0.1, 0.15) is 5.15 Å². The minimum atomic E-state index is -4.68. The Hall–Kier alpha value is -2.57. The molecule has 0 unspecified atom stereocenters. The van der Waals surface area contributed by atoms with Crippen LogP contribution < -0.4 is 15.5 Å². The molecule has 0 saturated heterocycles. The number of halogens is 4. The summed E-state index contributed by atoms with van der Waals surface area (Å²) in [4.78, 5) is 20.3. The fourth-order valence-electron chi connectivity index (χ4n) is 2.12. The third kappa shape index (κ3) is 5.71. The minimum Gasteiger partial charge on any atom is -0.353 e. The van der Waals surface area contributed by atoms with Crippen LogP contribution in [0.4, 0.5) is 30.2 Å². The molecule has 1 aromatic carbocycles. The van der Waals surface area contributed by atoms with E-state index in [1.54, 1.807) is 0 Å². The van der Waals surface area contributed by atoms with Crippen LogP contribution in [0.25, 0.3) is 0 Å². The number of carbonyl (C=O) groups excluding carboxylic acids is 1. The van der Waals surface area contributed by atoms with Gasteiger partial charge in [0.2, 0.25) is 10.0 Å². The summed E-state index contributed by atoms with van der Waals surface area (Å²) in [5, 5.41) is 2.67. The topological polar surface area (TPSA) is 109 Å². The Kier molecular flexibility index (Phi) is 6.37. The van der Waals surface area contributed by atoms with Crippen molar-refractivity contribution in [1.82, 2.24) is 10.5 Å². The molecule has 0 aliphatic rings. The van der Waals surface area contributed by atoms with E-state index in [1.807, 2.05) is 4.72 Å². The highest BCUT2D eigenvalue weighted by Gasteiger charge is 2.31. The van der Waals surface area contributed by atoms with E-state index in [4.69, 9.17) is 11.6 Å². The minimum absolute atomic E-state index is 0.0130. The van der Waals surface area contributed by atoms with Crippen molar-refractivity contribution in [3.63, 3.8) is 0 Å². The molecule has 8 nitrogen and oxygen atoms in total. The first kappa shape index (κ1) is 21.7. The molecule has 1 amide bonds. The highest BCUT2D eigenvalue weighted by molar-refractivity contribution is 7.92. The number of benzene rings is 1. The zero-order valence-corrected chi connectivity index (χ0v) is 16.0. The van der Waals surface area contributed by atoms with Gasteiger partial charge in [-0.1, -0.05) is 11.6 Å². The largest absolute Gasteiger partial charge is 0.416 e. The normalized spacial score (nSPS) is 11.8. The number of amides is 1. The number of pyridine rings is 1. The number of anilines is 3. The summed E-state index contributed by atoms with van der Waals surface area (Å²) in [5.41, 5.74) is 0.601. The van der Waals surface area contributed by atoms with Crippen molar-refractivity contribution >= 4 is 44.6 Å². The van der Waals surface area contributed by atoms with E-state index < -0.39 is 27.7 Å². The van der Waals surface area contributed by atoms with Crippen molar-refractivity contribution in [2.45, 2.75) is 6.18 Å². The second kappa shape index (κ2) is 8.20. The van der Waals surface area contributed by atoms with Crippen molar-refractivity contribution in [3.8, 4) is 0 Å². The number of carbonyl (C=O) groups is 1. The van der Waals surface area contributed by atoms with Crippen molar-refractivity contribution < 1.29 is 31.2 Å². The molecule has 1 aromatic heterocycles. The molecule has 0 aliphatic carbocycles. The van der Waals surface area contributed by atoms with Crippen molar-refractivity contribution in [2.24, 2.45) is 0 Å². The molecule has 13 heteroatoms. The van der Waals surface area contributed by atoms with Gasteiger partial charge in [0.25, 0.3) is 5.91 Å². The molecule has 0 spiro atoms. The molecule has 0 radical (unpaired) electrons. The zero-order chi connectivity index (χ0) is 21.1. The molecule has 0 aliphatic heterocycles. The molecule has 0 saturated carbocycles. The number of hydrogen-bond acceptors (Lipinski definition) is 6. The summed E-state index contributed by atoms with van der Waals surface area (Å²) in [7, 11) is -2.69. The smallest absolute Gasteiger partial charge is 0.353 e. The summed E-state index contributed by atoms with van der Waals surface area (Å²) in [6.07, 6.45) is -2.78. The lowest BCUT2D eigenvalue weighted by Crippen LogP contribution is -2.23. The van der Waals surface area contributed by atoms with Crippen LogP contribution in [0.1, 0.15) is 15.9 Å². The van der Waals surface area contributed by atoms with E-state index in [0.717, 1.165) is 24.6 Å². The summed E-state index contributed by atoms with van der Waals surface area (Å²) in [5.74, 6) is -0.710. The lowest BCUT2D eigenvalue weighted by molar-refractivity contribution is -0.137. The molecule has 0 atom stereocenters. The highest BCUT2D eigenvalue weighted by atomic mass is 35.5. The van der Waals surface area contributed by atoms with Crippen molar-refractivity contribution in [2.75, 3.05) is 23.4 Å². The maximum atomic E-state index is 13.0. The van der Waals surface area contributed by atoms with E-state index in [1.165, 1.54) is 13.2 Å². The lowest BCUT2D eigenvalue weighted by Gasteiger charge is -2.17. The number of nitrogens with zero attached hydrogens (tertiary/aromatic N) is 1. The number of hydrogen-bond donors (Lipinski definition) is 3. The van der Waals surface area contributed by atoms with E-state index in [-0.39, 0.29) is 27.8 Å². The summed E-state index contributed by atoms with van der Waals surface area (Å²) in [6.45, 7) is 0. The van der Waals surface area contributed by atoms with E-state index in [9.17, 15) is 26.4 Å². The molecule has 1 heterocycles. The number of nitrogens with one attached hydrogen (secondary N) is 3. The van der Waals surface area contributed by atoms with Gasteiger partial charge in [-0.2, -0.15) is 13.2 Å². The molecule has 2 rings (SSSR count). The second-order valence-corrected chi connectivity index (χ2v) is 7.58. The number of aromatic nitrogens is 1. The molecule has 2 aromatic rings. The predicted molar refractivity (Wildman–Crippen MR) is 96.9 cm³/mol. The molecule has 0 fully saturated rings. The van der Waals surface area contributed by atoms with Crippen LogP contribution >= 0.6 is 11.6 Å². The second-order valence-electron chi connectivity index (χ2n) is 5.45. The third-order valence-electron chi connectivity index (χ3n) is 3.22. The van der Waals surface area contributed by atoms with Crippen LogP contribution in [0.2, 0.25) is 5.15 Å². The fraction of sp³-hybridized carbons (Fsp3) is 0.200. The van der Waals surface area contributed by atoms with Crippen LogP contribution in [0.15, 0.2) is 30.5 Å². The Balaban J connectivity index is 2.54. The first-order valence-electron chi connectivity index (χ1n) is 7.35. The monoisotopic (exact) mass is 438 g/mol. The lowest BCUT2D eigenvalue weighted by atomic mass is 10.1. The number of sulfonamides is 1. The number of hydroxylamine groups is 1. The first-order chi connectivity index (χ1) is 12.9. The maximum Gasteiger partial charge on any atom is 0.416 e. The van der Waals surface area contributed by atoms with Crippen LogP contribution in [0.5, 0.6) is 0 Å². The van der Waals surface area contributed by atoms with E-state index >= 15 is 0 Å². The van der Waals surface area contributed by atoms with Crippen molar-refractivity contribution in [1.29, 1.82) is 0 Å². The van der Waals surface area contributed by atoms with Gasteiger partial charge >= 0.3 is 6.18 Å². The standard InChI is InChI=1S/C15H14ClF3N4O4S/c1-27-22-14(24)9-7-20-13(16)6-11(9)21-10-4-3-8(15(17,18)19)5-12(10)23-28(2,25)26/h3-7,23H,1-2H3,(H,20,21)(H,22,24). The maximum absolute atomic E-state index is 13.0. The van der Waals surface area contributed by atoms with Crippen LogP contribution in [0, 0.1) is 0 Å².